The van der Waals surface area contributed by atoms with Gasteiger partial charge in [0.25, 0.3) is 0 Å². The summed E-state index contributed by atoms with van der Waals surface area (Å²) in [4.78, 5) is 13.0. The molecule has 9 atom stereocenters. The third kappa shape index (κ3) is 3.80. The Balaban J connectivity index is 1.70. The zero-order chi connectivity index (χ0) is 27.1. The highest BCUT2D eigenvalue weighted by Gasteiger charge is 2.67. The molecule has 0 saturated heterocycles. The molecule has 4 rings (SSSR count). The Kier molecular flexibility index (Phi) is 6.96. The van der Waals surface area contributed by atoms with Crippen molar-refractivity contribution in [1.82, 2.24) is 0 Å². The quantitative estimate of drug-likeness (QED) is 0.350. The molecule has 4 aliphatic carbocycles. The Morgan fingerprint density at radius 3 is 2.25 bits per heavy atom. The summed E-state index contributed by atoms with van der Waals surface area (Å²) in [6.07, 6.45) is 3.15. The van der Waals surface area contributed by atoms with Gasteiger partial charge in [-0.3, -0.25) is 4.79 Å². The van der Waals surface area contributed by atoms with E-state index < -0.39 is 34.7 Å². The lowest BCUT2D eigenvalue weighted by molar-refractivity contribution is -0.156. The maximum atomic E-state index is 13.0. The molecule has 0 aromatic heterocycles. The second-order valence-electron chi connectivity index (χ2n) is 14.5. The Bertz CT molecular complexity index is 917. The Morgan fingerprint density at radius 1 is 1.03 bits per heavy atom. The maximum Gasteiger partial charge on any atom is 0.162 e. The van der Waals surface area contributed by atoms with Gasteiger partial charge in [0.15, 0.2) is 5.78 Å². The van der Waals surface area contributed by atoms with Crippen LogP contribution in [-0.2, 0) is 4.79 Å². The molecule has 4 aliphatic rings. The third-order valence-corrected chi connectivity index (χ3v) is 12.1. The fraction of sp³-hybridized carbons (Fsp3) is 0.900. The van der Waals surface area contributed by atoms with Crippen molar-refractivity contribution in [3.63, 3.8) is 0 Å². The number of rotatable bonds is 6. The zero-order valence-electron chi connectivity index (χ0n) is 23.5. The molecule has 5 N–H and O–H groups in total. The molecule has 0 aromatic carbocycles. The summed E-state index contributed by atoms with van der Waals surface area (Å²) in [5.74, 6) is 0.128. The minimum atomic E-state index is -1.19. The molecule has 6 heteroatoms. The number of aliphatic hydroxyl groups excluding tert-OH is 4. The first kappa shape index (κ1) is 28.2. The van der Waals surface area contributed by atoms with Crippen molar-refractivity contribution >= 4 is 5.78 Å². The predicted octanol–water partition coefficient (Wildman–Crippen LogP) is 3.77. The van der Waals surface area contributed by atoms with E-state index >= 15 is 0 Å². The minimum absolute atomic E-state index is 0.00604. The van der Waals surface area contributed by atoms with Crippen LogP contribution in [0.1, 0.15) is 99.8 Å². The van der Waals surface area contributed by atoms with Crippen LogP contribution in [0.2, 0.25) is 0 Å². The molecule has 206 valence electrons. The summed E-state index contributed by atoms with van der Waals surface area (Å²) in [6, 6.07) is 0. The van der Waals surface area contributed by atoms with Crippen molar-refractivity contribution in [1.29, 1.82) is 0 Å². The largest absolute Gasteiger partial charge is 0.396 e. The van der Waals surface area contributed by atoms with Gasteiger partial charge in [0.1, 0.15) is 6.10 Å². The molecule has 0 bridgehead atoms. The predicted molar refractivity (Wildman–Crippen MR) is 139 cm³/mol. The summed E-state index contributed by atoms with van der Waals surface area (Å²) < 4.78 is 0. The number of allylic oxidation sites excluding steroid dienone is 1. The Hall–Kier alpha value is -0.790. The lowest BCUT2D eigenvalue weighted by Gasteiger charge is -2.62. The van der Waals surface area contributed by atoms with E-state index in [2.05, 4.69) is 20.8 Å². The molecule has 0 aliphatic heterocycles. The van der Waals surface area contributed by atoms with Gasteiger partial charge < -0.3 is 25.5 Å². The van der Waals surface area contributed by atoms with Crippen molar-refractivity contribution < 1.29 is 30.3 Å². The number of carbonyl (C=O) groups is 1. The average molecular weight is 507 g/mol. The molecule has 0 aromatic rings. The van der Waals surface area contributed by atoms with Crippen molar-refractivity contribution in [2.75, 3.05) is 6.61 Å². The SMILES string of the molecule is CC(C)(O)[C@H](O)CC[C@@H](CO)[C@H]1CC[C@@]2(C)C3=C(C[C@H](O)[C@]12C)[C@@]1(C)CC(=O)[C@H](O)C(C)(C)[C@@H]1CC3. The van der Waals surface area contributed by atoms with Crippen LogP contribution in [0.25, 0.3) is 0 Å². The highest BCUT2D eigenvalue weighted by Crippen LogP contribution is 2.72. The minimum Gasteiger partial charge on any atom is -0.396 e. The third-order valence-electron chi connectivity index (χ3n) is 12.1. The molecular weight excluding hydrogens is 456 g/mol. The van der Waals surface area contributed by atoms with Crippen LogP contribution in [0.4, 0.5) is 0 Å². The first-order chi connectivity index (χ1) is 16.5. The molecule has 0 unspecified atom stereocenters. The standard InChI is InChI=1S/C30H50O6/c1-26(2)22-10-9-19-20(28(22,5)15-21(32)25(26)35)14-24(34)30(7)18(12-13-29(19,30)6)17(16-31)8-11-23(33)27(3,4)36/h17-18,22-25,31,33-36H,8-16H2,1-7H3/t17-,18+,22-,23+,24-,25-,28+,29-,30-/m0/s1. The molecule has 0 amide bonds. The smallest absolute Gasteiger partial charge is 0.162 e. The van der Waals surface area contributed by atoms with E-state index in [-0.39, 0.29) is 41.0 Å². The number of ketones is 1. The molecule has 0 radical (unpaired) electrons. The molecule has 2 saturated carbocycles. The van der Waals surface area contributed by atoms with Crippen molar-refractivity contribution in [3.05, 3.63) is 11.1 Å². The van der Waals surface area contributed by atoms with Gasteiger partial charge in [0.05, 0.1) is 17.8 Å². The van der Waals surface area contributed by atoms with E-state index in [1.807, 2.05) is 13.8 Å². The van der Waals surface area contributed by atoms with Crippen LogP contribution in [-0.4, -0.2) is 61.8 Å². The summed E-state index contributed by atoms with van der Waals surface area (Å²) in [5.41, 5.74) is -0.0471. The van der Waals surface area contributed by atoms with Crippen LogP contribution >= 0.6 is 0 Å². The Labute approximate surface area is 217 Å². The van der Waals surface area contributed by atoms with E-state index in [0.29, 0.717) is 25.7 Å². The summed E-state index contributed by atoms with van der Waals surface area (Å²) >= 11 is 0. The van der Waals surface area contributed by atoms with Gasteiger partial charge in [-0.15, -0.1) is 0 Å². The maximum absolute atomic E-state index is 13.0. The molecule has 0 heterocycles. The number of Topliss-reactive ketones (excluding diaryl/α,β-unsaturated/α-hetero) is 1. The topological polar surface area (TPSA) is 118 Å². The van der Waals surface area contributed by atoms with Gasteiger partial charge in [-0.05, 0) is 87.4 Å². The lowest BCUT2D eigenvalue weighted by Crippen LogP contribution is -2.60. The van der Waals surface area contributed by atoms with Gasteiger partial charge >= 0.3 is 0 Å². The molecule has 36 heavy (non-hydrogen) atoms. The average Bonchev–Trinajstić information content (AvgIpc) is 3.06. The van der Waals surface area contributed by atoms with Crippen LogP contribution in [0.3, 0.4) is 0 Å². The second-order valence-corrected chi connectivity index (χ2v) is 14.5. The normalized spacial score (nSPS) is 44.1. The summed E-state index contributed by atoms with van der Waals surface area (Å²) in [7, 11) is 0. The van der Waals surface area contributed by atoms with E-state index in [1.54, 1.807) is 13.8 Å². The summed E-state index contributed by atoms with van der Waals surface area (Å²) in [5, 5.41) is 53.6. The van der Waals surface area contributed by atoms with Gasteiger partial charge in [0.2, 0.25) is 0 Å². The molecule has 2 fully saturated rings. The highest BCUT2D eigenvalue weighted by molar-refractivity contribution is 5.86. The number of carbonyl (C=O) groups excluding carboxylic acids is 1. The fourth-order valence-electron chi connectivity index (χ4n) is 9.55. The zero-order valence-corrected chi connectivity index (χ0v) is 23.5. The van der Waals surface area contributed by atoms with Crippen LogP contribution < -0.4 is 0 Å². The monoisotopic (exact) mass is 506 g/mol. The van der Waals surface area contributed by atoms with E-state index in [4.69, 9.17) is 0 Å². The van der Waals surface area contributed by atoms with Crippen LogP contribution in [0, 0.1) is 39.4 Å². The number of fused-ring (bicyclic) bond motifs is 4. The molecular formula is C30H50O6. The van der Waals surface area contributed by atoms with E-state index in [1.165, 1.54) is 11.1 Å². The first-order valence-corrected chi connectivity index (χ1v) is 14.1. The first-order valence-electron chi connectivity index (χ1n) is 14.1. The second kappa shape index (κ2) is 8.87. The van der Waals surface area contributed by atoms with Crippen molar-refractivity contribution in [2.45, 2.75) is 124 Å². The van der Waals surface area contributed by atoms with Crippen LogP contribution in [0.15, 0.2) is 11.1 Å². The van der Waals surface area contributed by atoms with Gasteiger partial charge in [-0.2, -0.15) is 0 Å². The van der Waals surface area contributed by atoms with E-state index in [9.17, 15) is 30.3 Å². The van der Waals surface area contributed by atoms with Crippen molar-refractivity contribution in [2.24, 2.45) is 39.4 Å². The number of hydrogen-bond acceptors (Lipinski definition) is 6. The van der Waals surface area contributed by atoms with Gasteiger partial charge in [0, 0.05) is 23.9 Å². The van der Waals surface area contributed by atoms with Gasteiger partial charge in [-0.1, -0.05) is 45.8 Å². The summed E-state index contributed by atoms with van der Waals surface area (Å²) in [6.45, 7) is 13.9. The Morgan fingerprint density at radius 2 is 1.67 bits per heavy atom. The molecule has 6 nitrogen and oxygen atoms in total. The number of aliphatic hydroxyl groups is 5. The lowest BCUT2D eigenvalue weighted by atomic mass is 9.42. The fourth-order valence-corrected chi connectivity index (χ4v) is 9.55. The van der Waals surface area contributed by atoms with Gasteiger partial charge in [-0.25, -0.2) is 0 Å². The highest BCUT2D eigenvalue weighted by atomic mass is 16.3. The van der Waals surface area contributed by atoms with E-state index in [0.717, 1.165) is 25.7 Å². The van der Waals surface area contributed by atoms with Crippen molar-refractivity contribution in [3.8, 4) is 0 Å². The van der Waals surface area contributed by atoms with Crippen LogP contribution in [0.5, 0.6) is 0 Å². The number of hydrogen-bond donors (Lipinski definition) is 5. The molecule has 0 spiro atoms.